The Bertz CT molecular complexity index is 870. The molecule has 0 aromatic heterocycles. The molecule has 0 bridgehead atoms. The maximum absolute atomic E-state index is 13.3. The summed E-state index contributed by atoms with van der Waals surface area (Å²) in [7, 11) is 0. The Morgan fingerprint density at radius 2 is 1.85 bits per heavy atom. The summed E-state index contributed by atoms with van der Waals surface area (Å²) >= 11 is 12.9. The van der Waals surface area contributed by atoms with Gasteiger partial charge in [-0.05, 0) is 36.2 Å². The lowest BCUT2D eigenvalue weighted by atomic mass is 10.0. The quantitative estimate of drug-likeness (QED) is 0.776. The normalized spacial score (nSPS) is 20.2. The van der Waals surface area contributed by atoms with Gasteiger partial charge in [-0.25, -0.2) is 0 Å². The van der Waals surface area contributed by atoms with Gasteiger partial charge in [0.2, 0.25) is 5.91 Å². The summed E-state index contributed by atoms with van der Waals surface area (Å²) in [4.78, 5) is 26.5. The van der Waals surface area contributed by atoms with Gasteiger partial charge in [-0.3, -0.25) is 14.5 Å². The van der Waals surface area contributed by atoms with Crippen LogP contribution in [0.25, 0.3) is 0 Å². The predicted molar refractivity (Wildman–Crippen MR) is 111 cm³/mol. The Morgan fingerprint density at radius 1 is 1.19 bits per heavy atom. The second-order valence-corrected chi connectivity index (χ2v) is 8.21. The van der Waals surface area contributed by atoms with Crippen LogP contribution < -0.4 is 10.2 Å². The third-order valence-electron chi connectivity index (χ3n) is 4.11. The monoisotopic (exact) mass is 404 g/mol. The Morgan fingerprint density at radius 3 is 2.46 bits per heavy atom. The zero-order chi connectivity index (χ0) is 18.8. The van der Waals surface area contributed by atoms with Crippen molar-refractivity contribution in [1.82, 2.24) is 5.32 Å². The molecular formula is C19H17ClN2O2S2. The molecule has 0 spiro atoms. The molecule has 1 aliphatic rings. The maximum Gasteiger partial charge on any atom is 0.256 e. The average Bonchev–Trinajstić information content (AvgIpc) is 2.59. The summed E-state index contributed by atoms with van der Waals surface area (Å²) in [5.41, 5.74) is 2.56. The molecule has 0 saturated carbocycles. The third kappa shape index (κ3) is 3.77. The van der Waals surface area contributed by atoms with Crippen molar-refractivity contribution in [3.05, 3.63) is 64.7 Å². The van der Waals surface area contributed by atoms with Gasteiger partial charge in [0.15, 0.2) is 0 Å². The molecule has 0 unspecified atom stereocenters. The number of hydrogen-bond acceptors (Lipinski definition) is 4. The molecule has 3 rings (SSSR count). The van der Waals surface area contributed by atoms with Crippen LogP contribution in [0.2, 0.25) is 5.02 Å². The van der Waals surface area contributed by atoms with E-state index in [4.69, 9.17) is 23.8 Å². The molecule has 2 amide bonds. The minimum atomic E-state index is -0.718. The van der Waals surface area contributed by atoms with Crippen LogP contribution in [0.3, 0.4) is 0 Å². The number of carbonyl (C=O) groups excluding carboxylic acids is 2. The van der Waals surface area contributed by atoms with Crippen LogP contribution in [0.4, 0.5) is 5.69 Å². The van der Waals surface area contributed by atoms with E-state index in [0.29, 0.717) is 9.34 Å². The van der Waals surface area contributed by atoms with Gasteiger partial charge in [0.25, 0.3) is 5.91 Å². The number of halogens is 1. The van der Waals surface area contributed by atoms with Crippen molar-refractivity contribution in [3.8, 4) is 0 Å². The van der Waals surface area contributed by atoms with E-state index in [-0.39, 0.29) is 17.1 Å². The highest BCUT2D eigenvalue weighted by Gasteiger charge is 2.42. The fourth-order valence-electron chi connectivity index (χ4n) is 2.89. The highest BCUT2D eigenvalue weighted by Crippen LogP contribution is 2.41. The van der Waals surface area contributed by atoms with Gasteiger partial charge in [-0.15, -0.1) is 0 Å². The standard InChI is InChI=1S/C19H17ClN2O2S2/c1-11-5-3-4-6-15(11)22-18(24)16(21-12(2)23)17(26-19(22)25)13-7-9-14(20)10-8-13/h3-10,16-17H,1-2H3,(H,21,23)/t16-,17+/m0/s1. The number of nitrogens with zero attached hydrogens (tertiary/aromatic N) is 1. The molecule has 0 radical (unpaired) electrons. The van der Waals surface area contributed by atoms with Gasteiger partial charge in [0, 0.05) is 11.9 Å². The molecule has 1 aliphatic heterocycles. The van der Waals surface area contributed by atoms with Crippen molar-refractivity contribution in [2.75, 3.05) is 4.90 Å². The number of thiocarbonyl (C=S) groups is 1. The SMILES string of the molecule is CC(=O)N[C@@H]1C(=O)N(c2ccccc2C)C(=S)S[C@@H]1c1ccc(Cl)cc1. The number of thioether (sulfide) groups is 1. The fourth-order valence-corrected chi connectivity index (χ4v) is 4.64. The molecule has 0 aliphatic carbocycles. The van der Waals surface area contributed by atoms with E-state index in [1.54, 1.807) is 12.1 Å². The minimum Gasteiger partial charge on any atom is -0.343 e. The van der Waals surface area contributed by atoms with Crippen LogP contribution in [0.1, 0.15) is 23.3 Å². The van der Waals surface area contributed by atoms with Crippen LogP contribution in [-0.4, -0.2) is 22.2 Å². The number of aryl methyl sites for hydroxylation is 1. The van der Waals surface area contributed by atoms with Crippen LogP contribution >= 0.6 is 35.6 Å². The first-order chi connectivity index (χ1) is 12.4. The molecule has 1 N–H and O–H groups in total. The molecule has 134 valence electrons. The molecule has 7 heteroatoms. The average molecular weight is 405 g/mol. The Balaban J connectivity index is 2.01. The Hall–Kier alpha value is -1.89. The molecule has 2 atom stereocenters. The van der Waals surface area contributed by atoms with Gasteiger partial charge in [-0.1, -0.05) is 65.9 Å². The van der Waals surface area contributed by atoms with Crippen LogP contribution in [0.5, 0.6) is 0 Å². The topological polar surface area (TPSA) is 49.4 Å². The molecule has 2 aromatic rings. The molecule has 1 saturated heterocycles. The van der Waals surface area contributed by atoms with Crippen LogP contribution in [-0.2, 0) is 9.59 Å². The number of anilines is 1. The summed E-state index contributed by atoms with van der Waals surface area (Å²) in [5, 5.41) is 3.09. The lowest BCUT2D eigenvalue weighted by Crippen LogP contribution is -2.55. The summed E-state index contributed by atoms with van der Waals surface area (Å²) in [6, 6.07) is 14.1. The zero-order valence-electron chi connectivity index (χ0n) is 14.2. The predicted octanol–water partition coefficient (Wildman–Crippen LogP) is 4.26. The van der Waals surface area contributed by atoms with E-state index in [0.717, 1.165) is 16.8 Å². The van der Waals surface area contributed by atoms with Crippen molar-refractivity contribution >= 4 is 57.4 Å². The lowest BCUT2D eigenvalue weighted by molar-refractivity contribution is -0.126. The summed E-state index contributed by atoms with van der Waals surface area (Å²) < 4.78 is 0.464. The number of hydrogen-bond donors (Lipinski definition) is 1. The number of amides is 2. The summed E-state index contributed by atoms with van der Waals surface area (Å²) in [6.45, 7) is 3.33. The third-order valence-corrected chi connectivity index (χ3v) is 6.02. The molecule has 4 nitrogen and oxygen atoms in total. The molecule has 1 fully saturated rings. The molecule has 1 heterocycles. The lowest BCUT2D eigenvalue weighted by Gasteiger charge is -2.38. The van der Waals surface area contributed by atoms with Gasteiger partial charge >= 0.3 is 0 Å². The summed E-state index contributed by atoms with van der Waals surface area (Å²) in [6.07, 6.45) is 0. The molecule has 26 heavy (non-hydrogen) atoms. The van der Waals surface area contributed by atoms with E-state index in [1.807, 2.05) is 43.3 Å². The second-order valence-electron chi connectivity index (χ2n) is 5.99. The maximum atomic E-state index is 13.3. The highest BCUT2D eigenvalue weighted by molar-refractivity contribution is 8.23. The minimum absolute atomic E-state index is 0.238. The van der Waals surface area contributed by atoms with Crippen LogP contribution in [0.15, 0.2) is 48.5 Å². The van der Waals surface area contributed by atoms with Crippen molar-refractivity contribution < 1.29 is 9.59 Å². The van der Waals surface area contributed by atoms with Crippen molar-refractivity contribution in [3.63, 3.8) is 0 Å². The van der Waals surface area contributed by atoms with Crippen molar-refractivity contribution in [2.45, 2.75) is 25.1 Å². The first kappa shape index (κ1) is 18.9. The highest BCUT2D eigenvalue weighted by atomic mass is 35.5. The molecular weight excluding hydrogens is 388 g/mol. The van der Waals surface area contributed by atoms with E-state index >= 15 is 0 Å². The van der Waals surface area contributed by atoms with E-state index in [1.165, 1.54) is 23.6 Å². The zero-order valence-corrected chi connectivity index (χ0v) is 16.6. The van der Waals surface area contributed by atoms with Crippen LogP contribution in [0, 0.1) is 6.92 Å². The van der Waals surface area contributed by atoms with Gasteiger partial charge in [-0.2, -0.15) is 0 Å². The molecule has 2 aromatic carbocycles. The fraction of sp³-hybridized carbons (Fsp3) is 0.211. The van der Waals surface area contributed by atoms with Crippen molar-refractivity contribution in [2.24, 2.45) is 0 Å². The van der Waals surface area contributed by atoms with Gasteiger partial charge in [0.05, 0.1) is 10.9 Å². The van der Waals surface area contributed by atoms with Gasteiger partial charge < -0.3 is 5.32 Å². The number of rotatable bonds is 3. The summed E-state index contributed by atoms with van der Waals surface area (Å²) in [5.74, 6) is -0.501. The Labute approximate surface area is 166 Å². The number of carbonyl (C=O) groups is 2. The number of nitrogens with one attached hydrogen (secondary N) is 1. The number of benzene rings is 2. The van der Waals surface area contributed by atoms with Gasteiger partial charge in [0.1, 0.15) is 10.4 Å². The first-order valence-electron chi connectivity index (χ1n) is 8.01. The van der Waals surface area contributed by atoms with E-state index < -0.39 is 6.04 Å². The van der Waals surface area contributed by atoms with E-state index in [2.05, 4.69) is 5.32 Å². The van der Waals surface area contributed by atoms with Crippen molar-refractivity contribution in [1.29, 1.82) is 0 Å². The smallest absolute Gasteiger partial charge is 0.256 e. The Kier molecular flexibility index (Phi) is 5.65. The largest absolute Gasteiger partial charge is 0.343 e. The van der Waals surface area contributed by atoms with E-state index in [9.17, 15) is 9.59 Å². The second kappa shape index (κ2) is 7.78. The first-order valence-corrected chi connectivity index (χ1v) is 9.68. The number of para-hydroxylation sites is 1.